The number of ether oxygens (including phenoxy) is 2. The number of hydrogen-bond donors (Lipinski definition) is 1. The molecule has 0 bridgehead atoms. The van der Waals surface area contributed by atoms with Crippen molar-refractivity contribution in [3.05, 3.63) is 64.6 Å². The molecule has 2 heterocycles. The van der Waals surface area contributed by atoms with Crippen LogP contribution in [0.4, 0.5) is 0 Å². The summed E-state index contributed by atoms with van der Waals surface area (Å²) in [6.07, 6.45) is -0.285. The number of aryl methyl sites for hydroxylation is 1. The molecule has 1 amide bonds. The first-order valence-corrected chi connectivity index (χ1v) is 8.73. The van der Waals surface area contributed by atoms with Crippen LogP contribution in [0.5, 0.6) is 11.5 Å². The molecule has 1 unspecified atom stereocenters. The molecule has 3 aromatic rings. The molecular formula is C20H19N3O4. The summed E-state index contributed by atoms with van der Waals surface area (Å²) >= 11 is 0. The molecule has 0 saturated carbocycles. The summed E-state index contributed by atoms with van der Waals surface area (Å²) in [6, 6.07) is 14.6. The molecule has 1 aliphatic rings. The first-order valence-electron chi connectivity index (χ1n) is 8.73. The van der Waals surface area contributed by atoms with Gasteiger partial charge in [0.1, 0.15) is 19.3 Å². The Morgan fingerprint density at radius 1 is 1.15 bits per heavy atom. The van der Waals surface area contributed by atoms with Gasteiger partial charge in [-0.2, -0.15) is 5.10 Å². The number of rotatable bonds is 4. The van der Waals surface area contributed by atoms with E-state index in [4.69, 9.17) is 9.47 Å². The minimum Gasteiger partial charge on any atom is -0.486 e. The van der Waals surface area contributed by atoms with Crippen LogP contribution in [0.1, 0.15) is 5.69 Å². The van der Waals surface area contributed by atoms with Crippen LogP contribution in [-0.4, -0.2) is 34.9 Å². The lowest BCUT2D eigenvalue weighted by molar-refractivity contribution is -0.122. The normalized spacial score (nSPS) is 15.5. The summed E-state index contributed by atoms with van der Waals surface area (Å²) in [4.78, 5) is 24.8. The molecule has 27 heavy (non-hydrogen) atoms. The number of carbonyl (C=O) groups is 1. The monoisotopic (exact) mass is 365 g/mol. The van der Waals surface area contributed by atoms with Crippen LogP contribution >= 0.6 is 0 Å². The van der Waals surface area contributed by atoms with Gasteiger partial charge in [-0.1, -0.05) is 30.3 Å². The van der Waals surface area contributed by atoms with E-state index in [9.17, 15) is 9.59 Å². The lowest BCUT2D eigenvalue weighted by atomic mass is 10.1. The number of benzene rings is 2. The number of fused-ring (bicyclic) bond motifs is 2. The van der Waals surface area contributed by atoms with Gasteiger partial charge >= 0.3 is 0 Å². The van der Waals surface area contributed by atoms with Crippen LogP contribution in [0.25, 0.3) is 10.8 Å². The van der Waals surface area contributed by atoms with Crippen molar-refractivity contribution in [3.8, 4) is 11.5 Å². The highest BCUT2D eigenvalue weighted by atomic mass is 16.6. The van der Waals surface area contributed by atoms with Crippen LogP contribution in [0.2, 0.25) is 0 Å². The van der Waals surface area contributed by atoms with E-state index < -0.39 is 0 Å². The largest absolute Gasteiger partial charge is 0.486 e. The molecule has 1 aliphatic heterocycles. The molecule has 7 heteroatoms. The Labute approximate surface area is 155 Å². The zero-order valence-corrected chi connectivity index (χ0v) is 14.8. The standard InChI is InChI=1S/C20H19N3O4/c1-13-15-6-2-3-7-16(15)20(25)23(22-13)11-19(24)21-10-14-12-26-17-8-4-5-9-18(17)27-14/h2-9,14H,10-12H2,1H3,(H,21,24). The van der Waals surface area contributed by atoms with Crippen molar-refractivity contribution in [1.82, 2.24) is 15.1 Å². The molecule has 0 saturated heterocycles. The van der Waals surface area contributed by atoms with E-state index in [0.29, 0.717) is 29.2 Å². The third kappa shape index (κ3) is 3.48. The Kier molecular flexibility index (Phi) is 4.50. The number of nitrogens with zero attached hydrogens (tertiary/aromatic N) is 2. The smallest absolute Gasteiger partial charge is 0.275 e. The van der Waals surface area contributed by atoms with Gasteiger partial charge in [0.25, 0.3) is 5.56 Å². The van der Waals surface area contributed by atoms with Gasteiger partial charge in [-0.05, 0) is 25.1 Å². The topological polar surface area (TPSA) is 82.5 Å². The van der Waals surface area contributed by atoms with E-state index in [1.54, 1.807) is 12.1 Å². The van der Waals surface area contributed by atoms with Crippen LogP contribution in [0, 0.1) is 6.92 Å². The van der Waals surface area contributed by atoms with E-state index >= 15 is 0 Å². The molecular weight excluding hydrogens is 346 g/mol. The van der Waals surface area contributed by atoms with Gasteiger partial charge in [-0.15, -0.1) is 0 Å². The Morgan fingerprint density at radius 3 is 2.67 bits per heavy atom. The van der Waals surface area contributed by atoms with Gasteiger partial charge in [0, 0.05) is 5.39 Å². The Bertz CT molecular complexity index is 1060. The Hall–Kier alpha value is -3.35. The van der Waals surface area contributed by atoms with Crippen molar-refractivity contribution >= 4 is 16.7 Å². The third-order valence-corrected chi connectivity index (χ3v) is 4.44. The lowest BCUT2D eigenvalue weighted by Gasteiger charge is -2.26. The molecule has 138 valence electrons. The maximum Gasteiger partial charge on any atom is 0.275 e. The lowest BCUT2D eigenvalue weighted by Crippen LogP contribution is -2.42. The van der Waals surface area contributed by atoms with Gasteiger partial charge in [0.15, 0.2) is 11.5 Å². The minimum absolute atomic E-state index is 0.144. The Morgan fingerprint density at radius 2 is 1.85 bits per heavy atom. The molecule has 1 atom stereocenters. The number of hydrogen-bond acceptors (Lipinski definition) is 5. The summed E-state index contributed by atoms with van der Waals surface area (Å²) in [5.74, 6) is 1.05. The van der Waals surface area contributed by atoms with Crippen molar-refractivity contribution in [2.45, 2.75) is 19.6 Å². The second-order valence-electron chi connectivity index (χ2n) is 6.40. The van der Waals surface area contributed by atoms with E-state index in [1.807, 2.05) is 43.3 Å². The fourth-order valence-electron chi connectivity index (χ4n) is 3.09. The highest BCUT2D eigenvalue weighted by molar-refractivity contribution is 5.83. The van der Waals surface area contributed by atoms with Gasteiger partial charge in [-0.25, -0.2) is 4.68 Å². The van der Waals surface area contributed by atoms with Gasteiger partial charge in [0.05, 0.1) is 17.6 Å². The molecule has 0 aliphatic carbocycles. The van der Waals surface area contributed by atoms with E-state index in [0.717, 1.165) is 5.39 Å². The molecule has 0 radical (unpaired) electrons. The summed E-state index contributed by atoms with van der Waals surface area (Å²) in [5.41, 5.74) is 0.427. The summed E-state index contributed by atoms with van der Waals surface area (Å²) in [6.45, 7) is 2.31. The maximum absolute atomic E-state index is 12.5. The predicted molar refractivity (Wildman–Crippen MR) is 100 cm³/mol. The summed E-state index contributed by atoms with van der Waals surface area (Å²) < 4.78 is 12.6. The highest BCUT2D eigenvalue weighted by Gasteiger charge is 2.21. The molecule has 0 spiro atoms. The van der Waals surface area contributed by atoms with Gasteiger partial charge in [0.2, 0.25) is 5.91 Å². The van der Waals surface area contributed by atoms with E-state index in [1.165, 1.54) is 4.68 Å². The second-order valence-corrected chi connectivity index (χ2v) is 6.40. The SMILES string of the molecule is Cc1nn(CC(=O)NCC2COc3ccccc3O2)c(=O)c2ccccc12. The van der Waals surface area contributed by atoms with Crippen molar-refractivity contribution in [2.24, 2.45) is 0 Å². The molecule has 7 nitrogen and oxygen atoms in total. The zero-order valence-electron chi connectivity index (χ0n) is 14.8. The summed E-state index contributed by atoms with van der Waals surface area (Å²) in [5, 5.41) is 8.39. The van der Waals surface area contributed by atoms with Crippen molar-refractivity contribution < 1.29 is 14.3 Å². The molecule has 1 aromatic heterocycles. The highest BCUT2D eigenvalue weighted by Crippen LogP contribution is 2.30. The van der Waals surface area contributed by atoms with Crippen LogP contribution in [-0.2, 0) is 11.3 Å². The fraction of sp³-hybridized carbons (Fsp3) is 0.250. The fourth-order valence-corrected chi connectivity index (χ4v) is 3.09. The third-order valence-electron chi connectivity index (χ3n) is 4.44. The second kappa shape index (κ2) is 7.11. The molecule has 0 fully saturated rings. The number of aromatic nitrogens is 2. The number of carbonyl (C=O) groups excluding carboxylic acids is 1. The van der Waals surface area contributed by atoms with E-state index in [2.05, 4.69) is 10.4 Å². The zero-order chi connectivity index (χ0) is 18.8. The first kappa shape index (κ1) is 17.1. The molecule has 2 aromatic carbocycles. The van der Waals surface area contributed by atoms with Crippen LogP contribution < -0.4 is 20.3 Å². The van der Waals surface area contributed by atoms with Gasteiger partial charge in [-0.3, -0.25) is 9.59 Å². The quantitative estimate of drug-likeness (QED) is 0.760. The predicted octanol–water partition coefficient (Wildman–Crippen LogP) is 1.66. The number of nitrogens with one attached hydrogen (secondary N) is 1. The van der Waals surface area contributed by atoms with Crippen LogP contribution in [0.15, 0.2) is 53.3 Å². The van der Waals surface area contributed by atoms with Gasteiger partial charge < -0.3 is 14.8 Å². The minimum atomic E-state index is -0.304. The van der Waals surface area contributed by atoms with E-state index in [-0.39, 0.29) is 30.7 Å². The molecule has 4 rings (SSSR count). The van der Waals surface area contributed by atoms with Crippen molar-refractivity contribution in [2.75, 3.05) is 13.2 Å². The van der Waals surface area contributed by atoms with Crippen molar-refractivity contribution in [3.63, 3.8) is 0 Å². The number of para-hydroxylation sites is 2. The maximum atomic E-state index is 12.5. The summed E-state index contributed by atoms with van der Waals surface area (Å²) in [7, 11) is 0. The average Bonchev–Trinajstić information content (AvgIpc) is 2.70. The van der Waals surface area contributed by atoms with Crippen LogP contribution in [0.3, 0.4) is 0 Å². The number of amides is 1. The first-order chi connectivity index (χ1) is 13.1. The molecule has 1 N–H and O–H groups in total. The Balaban J connectivity index is 1.41. The van der Waals surface area contributed by atoms with Crippen molar-refractivity contribution in [1.29, 1.82) is 0 Å². The average molecular weight is 365 g/mol.